The molecular weight excluding hydrogens is 311 g/mol. The van der Waals surface area contributed by atoms with Gasteiger partial charge in [0.2, 0.25) is 10.0 Å². The van der Waals surface area contributed by atoms with Gasteiger partial charge in [0.1, 0.15) is 5.82 Å². The van der Waals surface area contributed by atoms with Gasteiger partial charge in [-0.2, -0.15) is 0 Å². The molecule has 0 atom stereocenters. The van der Waals surface area contributed by atoms with E-state index in [0.29, 0.717) is 24.1 Å². The molecule has 0 fully saturated rings. The standard InChI is InChI=1S/C10H14BrFN2O2S/c1-17(15,16)14-5-4-13-7-8-2-3-9(12)6-10(8)11/h2-3,6,13-14H,4-5,7H2,1H3. The molecule has 0 saturated carbocycles. The van der Waals surface area contributed by atoms with Crippen molar-refractivity contribution in [3.05, 3.63) is 34.1 Å². The van der Waals surface area contributed by atoms with Crippen molar-refractivity contribution >= 4 is 26.0 Å². The van der Waals surface area contributed by atoms with Crippen LogP contribution in [0.5, 0.6) is 0 Å². The quantitative estimate of drug-likeness (QED) is 0.774. The SMILES string of the molecule is CS(=O)(=O)NCCNCc1ccc(F)cc1Br. The summed E-state index contributed by atoms with van der Waals surface area (Å²) in [7, 11) is -3.13. The number of hydrogen-bond acceptors (Lipinski definition) is 3. The molecule has 0 spiro atoms. The van der Waals surface area contributed by atoms with Crippen molar-refractivity contribution in [2.75, 3.05) is 19.3 Å². The first-order valence-corrected chi connectivity index (χ1v) is 7.66. The van der Waals surface area contributed by atoms with Crippen LogP contribution in [0.4, 0.5) is 4.39 Å². The van der Waals surface area contributed by atoms with E-state index in [1.54, 1.807) is 6.07 Å². The first-order chi connectivity index (χ1) is 7.88. The largest absolute Gasteiger partial charge is 0.311 e. The maximum Gasteiger partial charge on any atom is 0.208 e. The van der Waals surface area contributed by atoms with Gasteiger partial charge < -0.3 is 5.32 Å². The molecule has 0 radical (unpaired) electrons. The monoisotopic (exact) mass is 324 g/mol. The molecule has 17 heavy (non-hydrogen) atoms. The van der Waals surface area contributed by atoms with Gasteiger partial charge in [-0.25, -0.2) is 17.5 Å². The highest BCUT2D eigenvalue weighted by Gasteiger charge is 2.02. The van der Waals surface area contributed by atoms with Crippen molar-refractivity contribution in [1.82, 2.24) is 10.0 Å². The fourth-order valence-electron chi connectivity index (χ4n) is 1.21. The van der Waals surface area contributed by atoms with Gasteiger partial charge in [0.15, 0.2) is 0 Å². The summed E-state index contributed by atoms with van der Waals surface area (Å²) in [6.45, 7) is 1.39. The van der Waals surface area contributed by atoms with Crippen LogP contribution in [0.3, 0.4) is 0 Å². The lowest BCUT2D eigenvalue weighted by Crippen LogP contribution is -2.30. The van der Waals surface area contributed by atoms with Gasteiger partial charge in [-0.15, -0.1) is 0 Å². The van der Waals surface area contributed by atoms with E-state index in [1.807, 2.05) is 0 Å². The first kappa shape index (κ1) is 14.6. The second-order valence-corrected chi connectivity index (χ2v) is 6.27. The third-order valence-electron chi connectivity index (χ3n) is 2.00. The summed E-state index contributed by atoms with van der Waals surface area (Å²) in [6.07, 6.45) is 1.11. The highest BCUT2D eigenvalue weighted by atomic mass is 79.9. The summed E-state index contributed by atoms with van der Waals surface area (Å²) in [6, 6.07) is 4.46. The molecule has 1 aromatic rings. The Bertz CT molecular complexity index is 479. The van der Waals surface area contributed by atoms with Crippen LogP contribution in [0.1, 0.15) is 5.56 Å². The number of sulfonamides is 1. The fourth-order valence-corrected chi connectivity index (χ4v) is 2.18. The highest BCUT2D eigenvalue weighted by Crippen LogP contribution is 2.17. The summed E-state index contributed by atoms with van der Waals surface area (Å²) in [5.74, 6) is -0.292. The minimum absolute atomic E-state index is 0.292. The molecule has 0 unspecified atom stereocenters. The van der Waals surface area contributed by atoms with Gasteiger partial charge in [0, 0.05) is 24.1 Å². The van der Waals surface area contributed by atoms with Crippen LogP contribution in [0.25, 0.3) is 0 Å². The van der Waals surface area contributed by atoms with Crippen molar-refractivity contribution in [2.45, 2.75) is 6.54 Å². The Morgan fingerprint density at radius 3 is 2.65 bits per heavy atom. The molecule has 0 saturated heterocycles. The Kier molecular flexibility index (Phi) is 5.51. The van der Waals surface area contributed by atoms with Crippen LogP contribution >= 0.6 is 15.9 Å². The molecule has 96 valence electrons. The average molecular weight is 325 g/mol. The third-order valence-corrected chi connectivity index (χ3v) is 3.46. The van der Waals surface area contributed by atoms with Gasteiger partial charge in [-0.3, -0.25) is 0 Å². The molecule has 1 rings (SSSR count). The van der Waals surface area contributed by atoms with Crippen LogP contribution in [-0.2, 0) is 16.6 Å². The van der Waals surface area contributed by atoms with Crippen LogP contribution in [0, 0.1) is 5.82 Å². The number of hydrogen-bond donors (Lipinski definition) is 2. The molecule has 0 aliphatic rings. The number of benzene rings is 1. The van der Waals surface area contributed by atoms with E-state index in [2.05, 4.69) is 26.0 Å². The molecule has 0 aromatic heterocycles. The second-order valence-electron chi connectivity index (χ2n) is 3.58. The van der Waals surface area contributed by atoms with E-state index in [1.165, 1.54) is 12.1 Å². The fraction of sp³-hybridized carbons (Fsp3) is 0.400. The summed E-state index contributed by atoms with van der Waals surface area (Å²) >= 11 is 3.26. The van der Waals surface area contributed by atoms with Crippen molar-refractivity contribution < 1.29 is 12.8 Å². The number of halogens is 2. The number of rotatable bonds is 6. The molecule has 7 heteroatoms. The first-order valence-electron chi connectivity index (χ1n) is 4.98. The maximum atomic E-state index is 12.8. The molecule has 1 aromatic carbocycles. The van der Waals surface area contributed by atoms with Gasteiger partial charge >= 0.3 is 0 Å². The van der Waals surface area contributed by atoms with E-state index in [-0.39, 0.29) is 5.82 Å². The van der Waals surface area contributed by atoms with Gasteiger partial charge in [-0.05, 0) is 17.7 Å². The van der Waals surface area contributed by atoms with Gasteiger partial charge in [0.25, 0.3) is 0 Å². The predicted molar refractivity (Wildman–Crippen MR) is 68.7 cm³/mol. The minimum Gasteiger partial charge on any atom is -0.311 e. The zero-order valence-electron chi connectivity index (χ0n) is 9.33. The maximum absolute atomic E-state index is 12.8. The Morgan fingerprint density at radius 2 is 2.06 bits per heavy atom. The zero-order valence-corrected chi connectivity index (χ0v) is 11.7. The lowest BCUT2D eigenvalue weighted by molar-refractivity contribution is 0.581. The summed E-state index contributed by atoms with van der Waals surface area (Å²) in [4.78, 5) is 0. The van der Waals surface area contributed by atoms with Gasteiger partial charge in [0.05, 0.1) is 6.26 Å². The molecule has 4 nitrogen and oxygen atoms in total. The van der Waals surface area contributed by atoms with E-state index >= 15 is 0 Å². The van der Waals surface area contributed by atoms with Crippen molar-refractivity contribution in [3.8, 4) is 0 Å². The van der Waals surface area contributed by atoms with Crippen LogP contribution in [0.2, 0.25) is 0 Å². The lowest BCUT2D eigenvalue weighted by Gasteiger charge is -2.07. The minimum atomic E-state index is -3.13. The average Bonchev–Trinajstić information content (AvgIpc) is 2.18. The van der Waals surface area contributed by atoms with E-state index in [9.17, 15) is 12.8 Å². The molecule has 2 N–H and O–H groups in total. The molecule has 0 aliphatic carbocycles. The van der Waals surface area contributed by atoms with E-state index < -0.39 is 10.0 Å². The van der Waals surface area contributed by atoms with Crippen LogP contribution in [0.15, 0.2) is 22.7 Å². The normalized spacial score (nSPS) is 11.7. The van der Waals surface area contributed by atoms with Crippen molar-refractivity contribution in [3.63, 3.8) is 0 Å². The molecule has 0 bridgehead atoms. The highest BCUT2D eigenvalue weighted by molar-refractivity contribution is 9.10. The van der Waals surface area contributed by atoms with Crippen molar-refractivity contribution in [1.29, 1.82) is 0 Å². The Balaban J connectivity index is 2.32. The molecule has 0 heterocycles. The third kappa shape index (κ3) is 6.11. The summed E-state index contributed by atoms with van der Waals surface area (Å²) < 4.78 is 37.4. The lowest BCUT2D eigenvalue weighted by atomic mass is 10.2. The van der Waals surface area contributed by atoms with Crippen LogP contribution < -0.4 is 10.0 Å². The predicted octanol–water partition coefficient (Wildman–Crippen LogP) is 1.23. The Morgan fingerprint density at radius 1 is 1.35 bits per heavy atom. The van der Waals surface area contributed by atoms with Gasteiger partial charge in [-0.1, -0.05) is 22.0 Å². The zero-order chi connectivity index (χ0) is 12.9. The van der Waals surface area contributed by atoms with Crippen molar-refractivity contribution in [2.24, 2.45) is 0 Å². The number of nitrogens with one attached hydrogen (secondary N) is 2. The molecule has 0 amide bonds. The topological polar surface area (TPSA) is 58.2 Å². The Labute approximate surface area is 109 Å². The van der Waals surface area contributed by atoms with Crippen LogP contribution in [-0.4, -0.2) is 27.8 Å². The van der Waals surface area contributed by atoms with E-state index in [0.717, 1.165) is 11.8 Å². The summed E-state index contributed by atoms with van der Waals surface area (Å²) in [5.41, 5.74) is 0.922. The second kappa shape index (κ2) is 6.44. The van der Waals surface area contributed by atoms with E-state index in [4.69, 9.17) is 0 Å². The molecule has 0 aliphatic heterocycles. The Hall–Kier alpha value is -0.500. The molecular formula is C10H14BrFN2O2S. The smallest absolute Gasteiger partial charge is 0.208 e. The summed E-state index contributed by atoms with van der Waals surface area (Å²) in [5, 5.41) is 3.06.